The van der Waals surface area contributed by atoms with Crippen molar-refractivity contribution < 1.29 is 8.78 Å². The fourth-order valence-electron chi connectivity index (χ4n) is 1.96. The first-order valence-electron chi connectivity index (χ1n) is 5.80. The fourth-order valence-corrected chi connectivity index (χ4v) is 3.21. The highest BCUT2D eigenvalue weighted by atomic mass is 127. The maximum absolute atomic E-state index is 13.5. The minimum atomic E-state index is -0.544. The van der Waals surface area contributed by atoms with Crippen LogP contribution in [0, 0.1) is 11.6 Å². The third kappa shape index (κ3) is 2.55. The van der Waals surface area contributed by atoms with Gasteiger partial charge < -0.3 is 5.32 Å². The van der Waals surface area contributed by atoms with E-state index in [4.69, 9.17) is 0 Å². The highest BCUT2D eigenvalue weighted by Gasteiger charge is 2.16. The van der Waals surface area contributed by atoms with Gasteiger partial charge in [-0.25, -0.2) is 23.7 Å². The van der Waals surface area contributed by atoms with E-state index in [0.29, 0.717) is 22.4 Å². The van der Waals surface area contributed by atoms with Crippen LogP contribution in [-0.4, -0.2) is 26.0 Å². The molecule has 21 heavy (non-hydrogen) atoms. The minimum Gasteiger partial charge on any atom is -0.371 e. The number of aromatic nitrogens is 4. The predicted octanol–water partition coefficient (Wildman–Crippen LogP) is 3.66. The molecule has 0 fully saturated rings. The lowest BCUT2D eigenvalue weighted by Crippen LogP contribution is -1.99. The molecule has 0 unspecified atom stereocenters. The van der Waals surface area contributed by atoms with Gasteiger partial charge in [0.1, 0.15) is 5.82 Å². The van der Waals surface area contributed by atoms with Crippen molar-refractivity contribution in [2.45, 2.75) is 0 Å². The highest BCUT2D eigenvalue weighted by Crippen LogP contribution is 2.32. The summed E-state index contributed by atoms with van der Waals surface area (Å²) in [6, 6.07) is 1.37. The maximum atomic E-state index is 13.5. The molecule has 0 aliphatic carbocycles. The molecule has 0 saturated carbocycles. The summed E-state index contributed by atoms with van der Waals surface area (Å²) in [5.74, 6) is -0.594. The molecule has 3 heterocycles. The standard InChI is InChI=1S/C12H8F2IN5S/c1-16-11-9(14)4-17-10(19-11)8-5-20(21-15)12-7(8)2-6(13)3-18-12/h2-5H,1H3,(H,16,17,19). The van der Waals surface area contributed by atoms with Crippen molar-refractivity contribution in [3.8, 4) is 11.4 Å². The second-order valence-corrected chi connectivity index (χ2v) is 5.82. The lowest BCUT2D eigenvalue weighted by Gasteiger charge is -2.03. The zero-order chi connectivity index (χ0) is 15.0. The minimum absolute atomic E-state index is 0.0902. The van der Waals surface area contributed by atoms with Crippen LogP contribution in [0.4, 0.5) is 14.6 Å². The lowest BCUT2D eigenvalue weighted by molar-refractivity contribution is 0.619. The van der Waals surface area contributed by atoms with Crippen molar-refractivity contribution in [2.75, 3.05) is 12.4 Å². The lowest BCUT2D eigenvalue weighted by atomic mass is 10.2. The second kappa shape index (κ2) is 5.72. The molecular weight excluding hydrogens is 411 g/mol. The summed E-state index contributed by atoms with van der Waals surface area (Å²) >= 11 is 2.09. The molecule has 108 valence electrons. The first kappa shape index (κ1) is 14.4. The molecule has 1 N–H and O–H groups in total. The zero-order valence-electron chi connectivity index (χ0n) is 10.6. The zero-order valence-corrected chi connectivity index (χ0v) is 13.6. The van der Waals surface area contributed by atoms with E-state index in [1.165, 1.54) is 15.2 Å². The third-order valence-corrected chi connectivity index (χ3v) is 4.57. The van der Waals surface area contributed by atoms with E-state index in [9.17, 15) is 8.78 Å². The van der Waals surface area contributed by atoms with Gasteiger partial charge in [-0.3, -0.25) is 3.97 Å². The van der Waals surface area contributed by atoms with Crippen LogP contribution in [0.5, 0.6) is 0 Å². The summed E-state index contributed by atoms with van der Waals surface area (Å²) in [7, 11) is 2.96. The monoisotopic (exact) mass is 419 g/mol. The van der Waals surface area contributed by atoms with Gasteiger partial charge in [-0.2, -0.15) is 0 Å². The first-order valence-corrected chi connectivity index (χ1v) is 9.12. The summed E-state index contributed by atoms with van der Waals surface area (Å²) in [4.78, 5) is 12.2. The molecule has 0 aliphatic rings. The Morgan fingerprint density at radius 1 is 1.29 bits per heavy atom. The first-order chi connectivity index (χ1) is 10.1. The van der Waals surface area contributed by atoms with Gasteiger partial charge in [0.25, 0.3) is 0 Å². The van der Waals surface area contributed by atoms with Crippen LogP contribution in [-0.2, 0) is 0 Å². The summed E-state index contributed by atoms with van der Waals surface area (Å²) in [6.45, 7) is 0. The van der Waals surface area contributed by atoms with Crippen molar-refractivity contribution in [1.82, 2.24) is 18.9 Å². The van der Waals surface area contributed by atoms with E-state index in [1.54, 1.807) is 17.2 Å². The molecule has 5 nitrogen and oxygen atoms in total. The molecule has 0 bridgehead atoms. The summed E-state index contributed by atoms with van der Waals surface area (Å²) in [6.07, 6.45) is 3.99. The Morgan fingerprint density at radius 3 is 2.81 bits per heavy atom. The Kier molecular flexibility index (Phi) is 3.93. The van der Waals surface area contributed by atoms with Crippen LogP contribution in [0.1, 0.15) is 0 Å². The Hall–Kier alpha value is -1.49. The van der Waals surface area contributed by atoms with Gasteiger partial charge in [0.05, 0.1) is 12.4 Å². The molecule has 0 radical (unpaired) electrons. The molecule has 0 aliphatic heterocycles. The van der Waals surface area contributed by atoms with Crippen LogP contribution in [0.15, 0.2) is 24.7 Å². The van der Waals surface area contributed by atoms with Gasteiger partial charge in [0.2, 0.25) is 0 Å². The molecular formula is C12H8F2IN5S. The van der Waals surface area contributed by atoms with E-state index < -0.39 is 11.6 Å². The largest absolute Gasteiger partial charge is 0.371 e. The van der Waals surface area contributed by atoms with E-state index in [2.05, 4.69) is 41.5 Å². The SMILES string of the molecule is CNc1nc(-c2cn(SI)c3ncc(F)cc23)ncc1F. The van der Waals surface area contributed by atoms with Gasteiger partial charge >= 0.3 is 0 Å². The number of hydrogen-bond acceptors (Lipinski definition) is 5. The number of anilines is 1. The number of rotatable bonds is 3. The Balaban J connectivity index is 2.26. The van der Waals surface area contributed by atoms with Gasteiger partial charge in [0, 0.05) is 54.5 Å². The smallest absolute Gasteiger partial charge is 0.183 e. The average molecular weight is 419 g/mol. The van der Waals surface area contributed by atoms with Gasteiger partial charge in [-0.15, -0.1) is 0 Å². The van der Waals surface area contributed by atoms with Gasteiger partial charge in [0.15, 0.2) is 23.1 Å². The predicted molar refractivity (Wildman–Crippen MR) is 87.2 cm³/mol. The number of nitrogens with zero attached hydrogens (tertiary/aromatic N) is 4. The fraction of sp³-hybridized carbons (Fsp3) is 0.0833. The van der Waals surface area contributed by atoms with E-state index >= 15 is 0 Å². The quantitative estimate of drug-likeness (QED) is 0.657. The molecule has 0 spiro atoms. The van der Waals surface area contributed by atoms with Crippen LogP contribution >= 0.6 is 30.3 Å². The van der Waals surface area contributed by atoms with Crippen LogP contribution < -0.4 is 5.32 Å². The Labute approximate surface area is 134 Å². The average Bonchev–Trinajstić information content (AvgIpc) is 2.85. The molecule has 3 aromatic rings. The molecule has 3 aromatic heterocycles. The molecule has 0 saturated heterocycles. The van der Waals surface area contributed by atoms with Crippen LogP contribution in [0.3, 0.4) is 0 Å². The summed E-state index contributed by atoms with van der Waals surface area (Å²) < 4.78 is 28.7. The number of hydrogen-bond donors (Lipinski definition) is 1. The van der Waals surface area contributed by atoms with Crippen molar-refractivity contribution in [3.63, 3.8) is 0 Å². The van der Waals surface area contributed by atoms with Gasteiger partial charge in [-0.05, 0) is 6.07 Å². The van der Waals surface area contributed by atoms with E-state index in [-0.39, 0.29) is 5.82 Å². The Morgan fingerprint density at radius 2 is 2.10 bits per heavy atom. The Bertz CT molecular complexity index is 823. The number of halogens is 3. The van der Waals surface area contributed by atoms with E-state index in [0.717, 1.165) is 12.4 Å². The molecule has 0 amide bonds. The second-order valence-electron chi connectivity index (χ2n) is 4.10. The van der Waals surface area contributed by atoms with Gasteiger partial charge in [-0.1, -0.05) is 0 Å². The highest BCUT2D eigenvalue weighted by molar-refractivity contribution is 14.2. The topological polar surface area (TPSA) is 55.6 Å². The van der Waals surface area contributed by atoms with Crippen molar-refractivity contribution >= 4 is 47.2 Å². The number of fused-ring (bicyclic) bond motifs is 1. The van der Waals surface area contributed by atoms with Crippen molar-refractivity contribution in [1.29, 1.82) is 0 Å². The number of pyridine rings is 1. The maximum Gasteiger partial charge on any atom is 0.183 e. The van der Waals surface area contributed by atoms with Crippen molar-refractivity contribution in [2.24, 2.45) is 0 Å². The van der Waals surface area contributed by atoms with Crippen LogP contribution in [0.2, 0.25) is 0 Å². The van der Waals surface area contributed by atoms with Crippen LogP contribution in [0.25, 0.3) is 22.4 Å². The summed E-state index contributed by atoms with van der Waals surface area (Å²) in [5, 5.41) is 3.23. The molecule has 0 atom stereocenters. The normalized spacial score (nSPS) is 11.0. The van der Waals surface area contributed by atoms with Crippen molar-refractivity contribution in [3.05, 3.63) is 36.3 Å². The molecule has 0 aromatic carbocycles. The number of nitrogens with one attached hydrogen (secondary N) is 1. The molecule has 9 heteroatoms. The molecule has 3 rings (SSSR count). The van der Waals surface area contributed by atoms with E-state index in [1.807, 2.05) is 0 Å². The summed E-state index contributed by atoms with van der Waals surface area (Å²) in [5.41, 5.74) is 1.20. The third-order valence-electron chi connectivity index (χ3n) is 2.87.